The highest BCUT2D eigenvalue weighted by Crippen LogP contribution is 2.11. The van der Waals surface area contributed by atoms with Gasteiger partial charge in [-0.2, -0.15) is 0 Å². The summed E-state index contributed by atoms with van der Waals surface area (Å²) in [6.07, 6.45) is 3.47. The number of amides is 1. The molecule has 1 aromatic carbocycles. The molecular weight excluding hydrogens is 252 g/mol. The van der Waals surface area contributed by atoms with Crippen molar-refractivity contribution in [2.75, 3.05) is 12.3 Å². The van der Waals surface area contributed by atoms with Crippen molar-refractivity contribution in [2.45, 2.75) is 13.1 Å². The Morgan fingerprint density at radius 1 is 1.00 bits per heavy atom. The molecule has 5 heteroatoms. The van der Waals surface area contributed by atoms with Crippen LogP contribution in [0, 0.1) is 0 Å². The predicted molar refractivity (Wildman–Crippen MR) is 78.4 cm³/mol. The summed E-state index contributed by atoms with van der Waals surface area (Å²) in [5.41, 5.74) is 13.9. The number of nitrogens with zero attached hydrogens (tertiary/aromatic N) is 2. The highest BCUT2D eigenvalue weighted by atomic mass is 16.1. The second-order valence-electron chi connectivity index (χ2n) is 4.71. The molecule has 5 nitrogen and oxygen atoms in total. The van der Waals surface area contributed by atoms with Gasteiger partial charge in [-0.3, -0.25) is 14.7 Å². The lowest BCUT2D eigenvalue weighted by atomic mass is 10.1. The Balaban J connectivity index is 2.07. The standard InChI is InChI=1S/C15H18N4O/c16-14-3-1-12(2-4-14)9-19(11-15(17)20)10-13-5-7-18-8-6-13/h1-8H,9-11,16H2,(H2,17,20). The Hall–Kier alpha value is -2.40. The van der Waals surface area contributed by atoms with Crippen LogP contribution in [0.5, 0.6) is 0 Å². The normalized spacial score (nSPS) is 10.7. The van der Waals surface area contributed by atoms with Crippen molar-refractivity contribution >= 4 is 11.6 Å². The quantitative estimate of drug-likeness (QED) is 0.771. The van der Waals surface area contributed by atoms with Crippen LogP contribution in [0.15, 0.2) is 48.8 Å². The SMILES string of the molecule is NC(=O)CN(Cc1ccncc1)Cc1ccc(N)cc1. The van der Waals surface area contributed by atoms with Crippen molar-refractivity contribution in [3.05, 3.63) is 59.9 Å². The van der Waals surface area contributed by atoms with E-state index in [2.05, 4.69) is 4.98 Å². The lowest BCUT2D eigenvalue weighted by Gasteiger charge is -2.21. The van der Waals surface area contributed by atoms with E-state index in [-0.39, 0.29) is 12.5 Å². The number of carbonyl (C=O) groups excluding carboxylic acids is 1. The molecule has 0 bridgehead atoms. The molecule has 1 heterocycles. The molecule has 1 amide bonds. The predicted octanol–water partition coefficient (Wildman–Crippen LogP) is 1.15. The van der Waals surface area contributed by atoms with Crippen molar-refractivity contribution in [1.82, 2.24) is 9.88 Å². The van der Waals surface area contributed by atoms with Gasteiger partial charge in [0.1, 0.15) is 0 Å². The van der Waals surface area contributed by atoms with Gasteiger partial charge in [-0.15, -0.1) is 0 Å². The lowest BCUT2D eigenvalue weighted by Crippen LogP contribution is -2.33. The summed E-state index contributed by atoms with van der Waals surface area (Å²) in [5.74, 6) is -0.338. The molecule has 104 valence electrons. The van der Waals surface area contributed by atoms with Crippen LogP contribution in [-0.4, -0.2) is 22.3 Å². The summed E-state index contributed by atoms with van der Waals surface area (Å²) >= 11 is 0. The zero-order valence-corrected chi connectivity index (χ0v) is 11.2. The molecule has 0 unspecified atom stereocenters. The molecule has 0 radical (unpaired) electrons. The summed E-state index contributed by atoms with van der Waals surface area (Å²) in [6, 6.07) is 11.5. The van der Waals surface area contributed by atoms with Crippen molar-refractivity contribution < 1.29 is 4.79 Å². The molecule has 1 aromatic heterocycles. The zero-order valence-electron chi connectivity index (χ0n) is 11.2. The maximum Gasteiger partial charge on any atom is 0.231 e. The van der Waals surface area contributed by atoms with Crippen molar-refractivity contribution in [3.63, 3.8) is 0 Å². The number of hydrogen-bond acceptors (Lipinski definition) is 4. The molecule has 20 heavy (non-hydrogen) atoms. The maximum atomic E-state index is 11.2. The van der Waals surface area contributed by atoms with Crippen LogP contribution in [0.3, 0.4) is 0 Å². The topological polar surface area (TPSA) is 85.2 Å². The van der Waals surface area contributed by atoms with E-state index in [0.29, 0.717) is 13.1 Å². The summed E-state index contributed by atoms with van der Waals surface area (Å²) in [4.78, 5) is 17.2. The summed E-state index contributed by atoms with van der Waals surface area (Å²) in [5, 5.41) is 0. The smallest absolute Gasteiger partial charge is 0.231 e. The minimum absolute atomic E-state index is 0.215. The van der Waals surface area contributed by atoms with Gasteiger partial charge in [0, 0.05) is 31.2 Å². The van der Waals surface area contributed by atoms with E-state index in [0.717, 1.165) is 16.8 Å². The van der Waals surface area contributed by atoms with Crippen LogP contribution in [0.4, 0.5) is 5.69 Å². The number of rotatable bonds is 6. The Bertz CT molecular complexity index is 554. The molecule has 0 saturated heterocycles. The maximum absolute atomic E-state index is 11.2. The van der Waals surface area contributed by atoms with E-state index < -0.39 is 0 Å². The molecule has 2 aromatic rings. The van der Waals surface area contributed by atoms with Gasteiger partial charge in [-0.1, -0.05) is 12.1 Å². The number of hydrogen-bond donors (Lipinski definition) is 2. The fraction of sp³-hybridized carbons (Fsp3) is 0.200. The molecule has 4 N–H and O–H groups in total. The third kappa shape index (κ3) is 4.37. The average Bonchev–Trinajstić information content (AvgIpc) is 2.42. The van der Waals surface area contributed by atoms with Crippen LogP contribution < -0.4 is 11.5 Å². The van der Waals surface area contributed by atoms with Crippen molar-refractivity contribution in [1.29, 1.82) is 0 Å². The van der Waals surface area contributed by atoms with Crippen molar-refractivity contribution in [2.24, 2.45) is 5.73 Å². The molecule has 0 aliphatic rings. The number of benzene rings is 1. The summed E-state index contributed by atoms with van der Waals surface area (Å²) in [6.45, 7) is 1.51. The minimum Gasteiger partial charge on any atom is -0.399 e. The monoisotopic (exact) mass is 270 g/mol. The highest BCUT2D eigenvalue weighted by Gasteiger charge is 2.10. The minimum atomic E-state index is -0.338. The number of carbonyl (C=O) groups is 1. The Morgan fingerprint density at radius 3 is 2.10 bits per heavy atom. The van der Waals surface area contributed by atoms with Gasteiger partial charge in [0.15, 0.2) is 0 Å². The van der Waals surface area contributed by atoms with Gasteiger partial charge in [0.2, 0.25) is 5.91 Å². The zero-order chi connectivity index (χ0) is 14.4. The van der Waals surface area contributed by atoms with E-state index in [9.17, 15) is 4.79 Å². The van der Waals surface area contributed by atoms with Crippen LogP contribution in [-0.2, 0) is 17.9 Å². The van der Waals surface area contributed by atoms with E-state index in [1.165, 1.54) is 0 Å². The van der Waals surface area contributed by atoms with Gasteiger partial charge in [0.25, 0.3) is 0 Å². The van der Waals surface area contributed by atoms with Gasteiger partial charge in [-0.05, 0) is 35.4 Å². The number of nitrogens with two attached hydrogens (primary N) is 2. The molecule has 0 spiro atoms. The molecule has 0 aliphatic heterocycles. The third-order valence-corrected chi connectivity index (χ3v) is 2.92. The van der Waals surface area contributed by atoms with Gasteiger partial charge >= 0.3 is 0 Å². The number of anilines is 1. The number of nitrogen functional groups attached to an aromatic ring is 1. The average molecular weight is 270 g/mol. The molecule has 0 fully saturated rings. The first kappa shape index (κ1) is 14.0. The fourth-order valence-corrected chi connectivity index (χ4v) is 2.02. The highest BCUT2D eigenvalue weighted by molar-refractivity contribution is 5.75. The van der Waals surface area contributed by atoms with Gasteiger partial charge in [0.05, 0.1) is 6.54 Å². The van der Waals surface area contributed by atoms with E-state index in [1.54, 1.807) is 12.4 Å². The van der Waals surface area contributed by atoms with Crippen LogP contribution in [0.25, 0.3) is 0 Å². The van der Waals surface area contributed by atoms with Crippen LogP contribution >= 0.6 is 0 Å². The number of pyridine rings is 1. The Labute approximate surface area is 118 Å². The first-order chi connectivity index (χ1) is 9.63. The largest absolute Gasteiger partial charge is 0.399 e. The van der Waals surface area contributed by atoms with Crippen molar-refractivity contribution in [3.8, 4) is 0 Å². The van der Waals surface area contributed by atoms with Gasteiger partial charge < -0.3 is 11.5 Å². The Kier molecular flexibility index (Phi) is 4.68. The third-order valence-electron chi connectivity index (χ3n) is 2.92. The molecular formula is C15H18N4O. The number of aromatic nitrogens is 1. The molecule has 2 rings (SSSR count). The first-order valence-corrected chi connectivity index (χ1v) is 6.37. The molecule has 0 aliphatic carbocycles. The van der Waals surface area contributed by atoms with Gasteiger partial charge in [-0.25, -0.2) is 0 Å². The van der Waals surface area contributed by atoms with E-state index in [4.69, 9.17) is 11.5 Å². The Morgan fingerprint density at radius 2 is 1.55 bits per heavy atom. The second kappa shape index (κ2) is 6.68. The van der Waals surface area contributed by atoms with Crippen LogP contribution in [0.2, 0.25) is 0 Å². The van der Waals surface area contributed by atoms with Crippen LogP contribution in [0.1, 0.15) is 11.1 Å². The lowest BCUT2D eigenvalue weighted by molar-refractivity contribution is -0.119. The summed E-state index contributed by atoms with van der Waals surface area (Å²) in [7, 11) is 0. The van der Waals surface area contributed by atoms with E-state index >= 15 is 0 Å². The molecule has 0 atom stereocenters. The second-order valence-corrected chi connectivity index (χ2v) is 4.71. The summed E-state index contributed by atoms with van der Waals surface area (Å²) < 4.78 is 0. The number of primary amides is 1. The first-order valence-electron chi connectivity index (χ1n) is 6.37. The fourth-order valence-electron chi connectivity index (χ4n) is 2.02. The van der Waals surface area contributed by atoms with E-state index in [1.807, 2.05) is 41.3 Å². The molecule has 0 saturated carbocycles.